The van der Waals surface area contributed by atoms with E-state index in [4.69, 9.17) is 11.6 Å². The Morgan fingerprint density at radius 2 is 2.28 bits per heavy atom. The number of carbonyl (C=O) groups excluding carboxylic acids is 1. The molecule has 0 aliphatic heterocycles. The summed E-state index contributed by atoms with van der Waals surface area (Å²) in [6.45, 7) is 2.53. The SMILES string of the molecule is Cc1ccc(O)c(C(=O)NCC2CCC(Cl)C2)c1. The molecule has 0 heterocycles. The molecule has 1 aliphatic rings. The van der Waals surface area contributed by atoms with Gasteiger partial charge in [-0.1, -0.05) is 11.6 Å². The summed E-state index contributed by atoms with van der Waals surface area (Å²) in [6, 6.07) is 5.03. The molecule has 3 nitrogen and oxygen atoms in total. The van der Waals surface area contributed by atoms with Crippen molar-refractivity contribution in [1.82, 2.24) is 5.32 Å². The third-order valence-corrected chi connectivity index (χ3v) is 3.82. The molecule has 98 valence electrons. The zero-order valence-corrected chi connectivity index (χ0v) is 11.2. The number of phenolic OH excluding ortho intramolecular Hbond substituents is 1. The molecule has 4 heteroatoms. The first-order chi connectivity index (χ1) is 8.56. The summed E-state index contributed by atoms with van der Waals surface area (Å²) in [5.41, 5.74) is 1.30. The van der Waals surface area contributed by atoms with Gasteiger partial charge >= 0.3 is 0 Å². The van der Waals surface area contributed by atoms with Crippen LogP contribution >= 0.6 is 11.6 Å². The van der Waals surface area contributed by atoms with E-state index in [-0.39, 0.29) is 17.0 Å². The summed E-state index contributed by atoms with van der Waals surface area (Å²) < 4.78 is 0. The second-order valence-corrected chi connectivity index (χ2v) is 5.62. The number of alkyl halides is 1. The van der Waals surface area contributed by atoms with Crippen molar-refractivity contribution >= 4 is 17.5 Å². The standard InChI is InChI=1S/C14H18ClNO2/c1-9-2-5-13(17)12(6-9)14(18)16-8-10-3-4-11(15)7-10/h2,5-6,10-11,17H,3-4,7-8H2,1H3,(H,16,18). The molecular weight excluding hydrogens is 250 g/mol. The molecular formula is C14H18ClNO2. The first-order valence-electron chi connectivity index (χ1n) is 6.28. The van der Waals surface area contributed by atoms with Crippen LogP contribution in [0.1, 0.15) is 35.2 Å². The van der Waals surface area contributed by atoms with Gasteiger partial charge in [-0.25, -0.2) is 0 Å². The molecule has 2 atom stereocenters. The lowest BCUT2D eigenvalue weighted by molar-refractivity contribution is 0.0944. The highest BCUT2D eigenvalue weighted by atomic mass is 35.5. The van der Waals surface area contributed by atoms with Crippen molar-refractivity contribution in [2.45, 2.75) is 31.6 Å². The number of phenols is 1. The molecule has 0 spiro atoms. The maximum Gasteiger partial charge on any atom is 0.255 e. The number of carbonyl (C=O) groups is 1. The number of hydrogen-bond acceptors (Lipinski definition) is 2. The lowest BCUT2D eigenvalue weighted by Crippen LogP contribution is -2.28. The number of halogens is 1. The average Bonchev–Trinajstić information content (AvgIpc) is 2.75. The van der Waals surface area contributed by atoms with Crippen LogP contribution < -0.4 is 5.32 Å². The minimum atomic E-state index is -0.214. The Bertz CT molecular complexity index is 447. The maximum atomic E-state index is 12.0. The first kappa shape index (κ1) is 13.2. The van der Waals surface area contributed by atoms with Gasteiger partial charge in [0, 0.05) is 11.9 Å². The monoisotopic (exact) mass is 267 g/mol. The van der Waals surface area contributed by atoms with E-state index in [2.05, 4.69) is 5.32 Å². The van der Waals surface area contributed by atoms with Crippen molar-refractivity contribution in [3.05, 3.63) is 29.3 Å². The van der Waals surface area contributed by atoms with Crippen molar-refractivity contribution in [3.8, 4) is 5.75 Å². The van der Waals surface area contributed by atoms with Gasteiger partial charge in [-0.05, 0) is 44.2 Å². The van der Waals surface area contributed by atoms with E-state index in [0.29, 0.717) is 18.0 Å². The Kier molecular flexibility index (Phi) is 4.12. The van der Waals surface area contributed by atoms with Gasteiger partial charge < -0.3 is 10.4 Å². The third-order valence-electron chi connectivity index (χ3n) is 3.43. The summed E-state index contributed by atoms with van der Waals surface area (Å²) >= 11 is 6.03. The van der Waals surface area contributed by atoms with Crippen LogP contribution in [-0.4, -0.2) is 22.9 Å². The fourth-order valence-corrected chi connectivity index (χ4v) is 2.74. The molecule has 1 amide bonds. The number of hydrogen-bond donors (Lipinski definition) is 2. The van der Waals surface area contributed by atoms with Crippen LogP contribution in [0.5, 0.6) is 5.75 Å². The minimum Gasteiger partial charge on any atom is -0.507 e. The number of benzene rings is 1. The van der Waals surface area contributed by atoms with Crippen LogP contribution in [0.3, 0.4) is 0 Å². The Morgan fingerprint density at radius 1 is 1.50 bits per heavy atom. The van der Waals surface area contributed by atoms with Gasteiger partial charge in [-0.15, -0.1) is 11.6 Å². The van der Waals surface area contributed by atoms with Crippen molar-refractivity contribution in [2.24, 2.45) is 5.92 Å². The van der Waals surface area contributed by atoms with Crippen molar-refractivity contribution in [2.75, 3.05) is 6.54 Å². The van der Waals surface area contributed by atoms with Crippen LogP contribution in [0.15, 0.2) is 18.2 Å². The zero-order chi connectivity index (χ0) is 13.1. The predicted octanol–water partition coefficient (Wildman–Crippen LogP) is 2.84. The summed E-state index contributed by atoms with van der Waals surface area (Å²) in [6.07, 6.45) is 3.05. The predicted molar refractivity (Wildman–Crippen MR) is 72.2 cm³/mol. The Labute approximate surface area is 112 Å². The largest absolute Gasteiger partial charge is 0.507 e. The van der Waals surface area contributed by atoms with Crippen LogP contribution in [0.4, 0.5) is 0 Å². The molecule has 1 aromatic rings. The topological polar surface area (TPSA) is 49.3 Å². The van der Waals surface area contributed by atoms with Crippen molar-refractivity contribution < 1.29 is 9.90 Å². The number of amides is 1. The number of aryl methyl sites for hydroxylation is 1. The number of nitrogens with one attached hydrogen (secondary N) is 1. The minimum absolute atomic E-state index is 0.0275. The molecule has 0 bridgehead atoms. The first-order valence-corrected chi connectivity index (χ1v) is 6.72. The van der Waals surface area contributed by atoms with Gasteiger partial charge in [-0.3, -0.25) is 4.79 Å². The van der Waals surface area contributed by atoms with Crippen LogP contribution in [0.2, 0.25) is 0 Å². The second kappa shape index (κ2) is 5.61. The molecule has 18 heavy (non-hydrogen) atoms. The third kappa shape index (κ3) is 3.16. The molecule has 1 saturated carbocycles. The van der Waals surface area contributed by atoms with Gasteiger partial charge in [0.25, 0.3) is 5.91 Å². The molecule has 0 radical (unpaired) electrons. The number of rotatable bonds is 3. The van der Waals surface area contributed by atoms with Gasteiger partial charge in [-0.2, -0.15) is 0 Å². The maximum absolute atomic E-state index is 12.0. The van der Waals surface area contributed by atoms with Gasteiger partial charge in [0.05, 0.1) is 5.56 Å². The van der Waals surface area contributed by atoms with Crippen molar-refractivity contribution in [1.29, 1.82) is 0 Å². The summed E-state index contributed by atoms with van der Waals surface area (Å²) in [4.78, 5) is 12.0. The van der Waals surface area contributed by atoms with Gasteiger partial charge in [0.1, 0.15) is 5.75 Å². The average molecular weight is 268 g/mol. The quantitative estimate of drug-likeness (QED) is 0.828. The van der Waals surface area contributed by atoms with Crippen LogP contribution in [-0.2, 0) is 0 Å². The van der Waals surface area contributed by atoms with Gasteiger partial charge in [0.15, 0.2) is 0 Å². The van der Waals surface area contributed by atoms with E-state index in [0.717, 1.165) is 24.8 Å². The molecule has 2 N–H and O–H groups in total. The molecule has 0 saturated heterocycles. The summed E-state index contributed by atoms with van der Waals surface area (Å²) in [7, 11) is 0. The molecule has 1 aromatic carbocycles. The fraction of sp³-hybridized carbons (Fsp3) is 0.500. The highest BCUT2D eigenvalue weighted by Crippen LogP contribution is 2.29. The van der Waals surface area contributed by atoms with Crippen LogP contribution in [0, 0.1) is 12.8 Å². The second-order valence-electron chi connectivity index (χ2n) is 5.01. The van der Waals surface area contributed by atoms with E-state index in [9.17, 15) is 9.90 Å². The molecule has 2 unspecified atom stereocenters. The van der Waals surface area contributed by atoms with E-state index < -0.39 is 0 Å². The lowest BCUT2D eigenvalue weighted by atomic mass is 10.1. The van der Waals surface area contributed by atoms with Crippen LogP contribution in [0.25, 0.3) is 0 Å². The van der Waals surface area contributed by atoms with E-state index in [1.165, 1.54) is 0 Å². The zero-order valence-electron chi connectivity index (χ0n) is 10.4. The highest BCUT2D eigenvalue weighted by Gasteiger charge is 2.23. The smallest absolute Gasteiger partial charge is 0.255 e. The number of aromatic hydroxyl groups is 1. The summed E-state index contributed by atoms with van der Waals surface area (Å²) in [5, 5.41) is 12.8. The Balaban J connectivity index is 1.93. The molecule has 1 fully saturated rings. The van der Waals surface area contributed by atoms with E-state index in [1.54, 1.807) is 18.2 Å². The Morgan fingerprint density at radius 3 is 2.94 bits per heavy atom. The molecule has 1 aliphatic carbocycles. The Hall–Kier alpha value is -1.22. The fourth-order valence-electron chi connectivity index (χ4n) is 2.36. The van der Waals surface area contributed by atoms with E-state index in [1.807, 2.05) is 6.92 Å². The van der Waals surface area contributed by atoms with Crippen molar-refractivity contribution in [3.63, 3.8) is 0 Å². The van der Waals surface area contributed by atoms with Gasteiger partial charge in [0.2, 0.25) is 0 Å². The normalized spacial score (nSPS) is 23.0. The summed E-state index contributed by atoms with van der Waals surface area (Å²) in [5.74, 6) is 0.275. The lowest BCUT2D eigenvalue weighted by Gasteiger charge is -2.12. The molecule has 0 aromatic heterocycles. The van der Waals surface area contributed by atoms with E-state index >= 15 is 0 Å². The molecule has 2 rings (SSSR count). The highest BCUT2D eigenvalue weighted by molar-refractivity contribution is 6.20.